The van der Waals surface area contributed by atoms with Crippen molar-refractivity contribution < 1.29 is 19.6 Å². The van der Waals surface area contributed by atoms with Crippen molar-refractivity contribution in [3.63, 3.8) is 0 Å². The van der Waals surface area contributed by atoms with Crippen molar-refractivity contribution in [1.29, 1.82) is 0 Å². The smallest absolute Gasteiger partial charge is 0.333 e. The Kier molecular flexibility index (Phi) is 4.02. The minimum absolute atomic E-state index is 0.160. The first-order chi connectivity index (χ1) is 9.85. The van der Waals surface area contributed by atoms with Crippen LogP contribution < -0.4 is 10.1 Å². The standard InChI is InChI=1S/C14H18N2O5/c1-9(2)21-11-5-3-4-10(12(11)16(19)20)15-8-14(6-7-14)13(17)18/h3-5,9,15H,6-8H2,1-2H3,(H,17,18). The molecule has 1 aromatic carbocycles. The Hall–Kier alpha value is -2.31. The van der Waals surface area contributed by atoms with Gasteiger partial charge < -0.3 is 15.2 Å². The highest BCUT2D eigenvalue weighted by atomic mass is 16.6. The minimum atomic E-state index is -0.868. The summed E-state index contributed by atoms with van der Waals surface area (Å²) in [7, 11) is 0. The lowest BCUT2D eigenvalue weighted by Crippen LogP contribution is -2.24. The van der Waals surface area contributed by atoms with E-state index >= 15 is 0 Å². The maximum Gasteiger partial charge on any atom is 0.333 e. The molecule has 7 heteroatoms. The third-order valence-electron chi connectivity index (χ3n) is 3.47. The Morgan fingerprint density at radius 1 is 1.52 bits per heavy atom. The van der Waals surface area contributed by atoms with Crippen molar-refractivity contribution in [2.24, 2.45) is 5.41 Å². The number of carboxylic acid groups (broad SMARTS) is 1. The summed E-state index contributed by atoms with van der Waals surface area (Å²) in [5.74, 6) is -0.688. The van der Waals surface area contributed by atoms with Gasteiger partial charge in [-0.15, -0.1) is 0 Å². The molecule has 0 aromatic heterocycles. The molecule has 7 nitrogen and oxygen atoms in total. The lowest BCUT2D eigenvalue weighted by Gasteiger charge is -2.15. The Morgan fingerprint density at radius 2 is 2.19 bits per heavy atom. The van der Waals surface area contributed by atoms with E-state index in [4.69, 9.17) is 9.84 Å². The molecule has 1 aliphatic rings. The number of para-hydroxylation sites is 1. The fraction of sp³-hybridized carbons (Fsp3) is 0.500. The first kappa shape index (κ1) is 15.1. The number of nitrogens with zero attached hydrogens (tertiary/aromatic N) is 1. The summed E-state index contributed by atoms with van der Waals surface area (Å²) in [6.07, 6.45) is 0.990. The number of hydrogen-bond acceptors (Lipinski definition) is 5. The number of nitrogens with one attached hydrogen (secondary N) is 1. The molecule has 0 amide bonds. The van der Waals surface area contributed by atoms with Gasteiger partial charge >= 0.3 is 11.7 Å². The highest BCUT2D eigenvalue weighted by Crippen LogP contribution is 2.46. The van der Waals surface area contributed by atoms with Crippen molar-refractivity contribution in [2.75, 3.05) is 11.9 Å². The van der Waals surface area contributed by atoms with E-state index < -0.39 is 16.3 Å². The van der Waals surface area contributed by atoms with Crippen LogP contribution in [0.1, 0.15) is 26.7 Å². The van der Waals surface area contributed by atoms with Gasteiger partial charge in [0, 0.05) is 6.54 Å². The van der Waals surface area contributed by atoms with E-state index in [2.05, 4.69) is 5.32 Å². The van der Waals surface area contributed by atoms with E-state index in [-0.39, 0.29) is 29.8 Å². The molecule has 114 valence electrons. The SMILES string of the molecule is CC(C)Oc1cccc(NCC2(C(=O)O)CC2)c1[N+](=O)[O-]. The number of aliphatic carboxylic acids is 1. The number of nitro benzene ring substituents is 1. The molecular formula is C14H18N2O5. The number of hydrogen-bond donors (Lipinski definition) is 2. The second-order valence-electron chi connectivity index (χ2n) is 5.52. The summed E-state index contributed by atoms with van der Waals surface area (Å²) in [6, 6.07) is 4.74. The summed E-state index contributed by atoms with van der Waals surface area (Å²) < 4.78 is 5.44. The van der Waals surface area contributed by atoms with Crippen LogP contribution in [0.3, 0.4) is 0 Å². The summed E-state index contributed by atoms with van der Waals surface area (Å²) >= 11 is 0. The maximum absolute atomic E-state index is 11.3. The first-order valence-electron chi connectivity index (χ1n) is 6.77. The van der Waals surface area contributed by atoms with Crippen LogP contribution >= 0.6 is 0 Å². The Labute approximate surface area is 122 Å². The average molecular weight is 294 g/mol. The van der Waals surface area contributed by atoms with Gasteiger partial charge in [-0.05, 0) is 38.8 Å². The predicted octanol–water partition coefficient (Wildman–Crippen LogP) is 2.66. The fourth-order valence-corrected chi connectivity index (χ4v) is 2.08. The molecule has 21 heavy (non-hydrogen) atoms. The Bertz CT molecular complexity index is 566. The zero-order valence-corrected chi connectivity index (χ0v) is 12.0. The number of carboxylic acids is 1. The monoisotopic (exact) mass is 294 g/mol. The zero-order chi connectivity index (χ0) is 15.6. The second kappa shape index (κ2) is 5.59. The summed E-state index contributed by atoms with van der Waals surface area (Å²) in [5, 5.41) is 23.3. The van der Waals surface area contributed by atoms with Gasteiger partial charge in [0.1, 0.15) is 5.69 Å². The molecule has 0 unspecified atom stereocenters. The molecule has 2 rings (SSSR count). The van der Waals surface area contributed by atoms with E-state index in [9.17, 15) is 14.9 Å². The van der Waals surface area contributed by atoms with Gasteiger partial charge in [0.2, 0.25) is 0 Å². The molecule has 1 fully saturated rings. The van der Waals surface area contributed by atoms with Gasteiger partial charge in [-0.25, -0.2) is 0 Å². The second-order valence-corrected chi connectivity index (χ2v) is 5.52. The normalized spacial score (nSPS) is 15.6. The maximum atomic E-state index is 11.3. The number of nitro groups is 1. The first-order valence-corrected chi connectivity index (χ1v) is 6.77. The van der Waals surface area contributed by atoms with E-state index in [1.807, 2.05) is 0 Å². The van der Waals surface area contributed by atoms with E-state index in [0.717, 1.165) is 0 Å². The van der Waals surface area contributed by atoms with E-state index in [1.165, 1.54) is 6.07 Å². The third-order valence-corrected chi connectivity index (χ3v) is 3.47. The van der Waals surface area contributed by atoms with Gasteiger partial charge in [-0.2, -0.15) is 0 Å². The summed E-state index contributed by atoms with van der Waals surface area (Å²) in [4.78, 5) is 21.9. The largest absolute Gasteiger partial charge is 0.484 e. The number of benzene rings is 1. The van der Waals surface area contributed by atoms with Gasteiger partial charge in [0.05, 0.1) is 16.4 Å². The molecule has 2 N–H and O–H groups in total. The molecule has 0 spiro atoms. The summed E-state index contributed by atoms with van der Waals surface area (Å²) in [6.45, 7) is 3.75. The van der Waals surface area contributed by atoms with Crippen LogP contribution in [0.25, 0.3) is 0 Å². The highest BCUT2D eigenvalue weighted by Gasteiger charge is 2.50. The molecule has 0 bridgehead atoms. The van der Waals surface area contributed by atoms with Gasteiger partial charge in [0.15, 0.2) is 5.75 Å². The molecule has 0 aliphatic heterocycles. The number of carbonyl (C=O) groups is 1. The van der Waals surface area contributed by atoms with Crippen LogP contribution in [0.15, 0.2) is 18.2 Å². The predicted molar refractivity (Wildman–Crippen MR) is 76.7 cm³/mol. The summed E-state index contributed by atoms with van der Waals surface area (Å²) in [5.41, 5.74) is -0.666. The van der Waals surface area contributed by atoms with Gasteiger partial charge in [-0.3, -0.25) is 14.9 Å². The molecule has 0 saturated heterocycles. The van der Waals surface area contributed by atoms with Crippen LogP contribution in [0.5, 0.6) is 5.75 Å². The van der Waals surface area contributed by atoms with Crippen molar-refractivity contribution in [3.05, 3.63) is 28.3 Å². The van der Waals surface area contributed by atoms with Crippen molar-refractivity contribution >= 4 is 17.3 Å². The molecule has 1 saturated carbocycles. The van der Waals surface area contributed by atoms with Gasteiger partial charge in [0.25, 0.3) is 0 Å². The molecule has 1 aromatic rings. The van der Waals surface area contributed by atoms with Crippen LogP contribution in [-0.4, -0.2) is 28.6 Å². The van der Waals surface area contributed by atoms with Crippen molar-refractivity contribution in [3.8, 4) is 5.75 Å². The van der Waals surface area contributed by atoms with Crippen LogP contribution in [0.2, 0.25) is 0 Å². The fourth-order valence-electron chi connectivity index (χ4n) is 2.08. The number of anilines is 1. The van der Waals surface area contributed by atoms with Crippen LogP contribution in [0.4, 0.5) is 11.4 Å². The van der Waals surface area contributed by atoms with Crippen molar-refractivity contribution in [2.45, 2.75) is 32.8 Å². The molecule has 1 aliphatic carbocycles. The average Bonchev–Trinajstić information content (AvgIpc) is 3.16. The van der Waals surface area contributed by atoms with E-state index in [1.54, 1.807) is 26.0 Å². The zero-order valence-electron chi connectivity index (χ0n) is 12.0. The number of ether oxygens (including phenoxy) is 1. The van der Waals surface area contributed by atoms with E-state index in [0.29, 0.717) is 12.8 Å². The topological polar surface area (TPSA) is 102 Å². The third kappa shape index (κ3) is 3.24. The molecule has 0 heterocycles. The number of rotatable bonds is 7. The quantitative estimate of drug-likeness (QED) is 0.592. The minimum Gasteiger partial charge on any atom is -0.484 e. The molecular weight excluding hydrogens is 276 g/mol. The Morgan fingerprint density at radius 3 is 2.67 bits per heavy atom. The lowest BCUT2D eigenvalue weighted by atomic mass is 10.1. The highest BCUT2D eigenvalue weighted by molar-refractivity contribution is 5.79. The lowest BCUT2D eigenvalue weighted by molar-refractivity contribution is -0.385. The molecule has 0 radical (unpaired) electrons. The van der Waals surface area contributed by atoms with Crippen LogP contribution in [-0.2, 0) is 4.79 Å². The van der Waals surface area contributed by atoms with Crippen molar-refractivity contribution in [1.82, 2.24) is 0 Å². The van der Waals surface area contributed by atoms with Gasteiger partial charge in [-0.1, -0.05) is 6.07 Å². The Balaban J connectivity index is 2.22. The molecule has 0 atom stereocenters. The van der Waals surface area contributed by atoms with Crippen LogP contribution in [0, 0.1) is 15.5 Å².